The Morgan fingerprint density at radius 3 is 2.17 bits per heavy atom. The molecule has 1 saturated carbocycles. The highest BCUT2D eigenvalue weighted by molar-refractivity contribution is 5.72. The van der Waals surface area contributed by atoms with Gasteiger partial charge in [0.1, 0.15) is 0 Å². The molecular weight excluding hydrogens is 154 g/mol. The van der Waals surface area contributed by atoms with Crippen molar-refractivity contribution in [2.24, 2.45) is 17.1 Å². The smallest absolute Gasteiger partial charge is 0.307 e. The van der Waals surface area contributed by atoms with Gasteiger partial charge in [0.05, 0.1) is 5.92 Å². The number of hydrogen-bond acceptors (Lipinski definition) is 2. The number of aliphatic carboxylic acids is 1. The first-order valence-corrected chi connectivity index (χ1v) is 4.31. The standard InChI is InChI=1S/C9H17NO2/c1-8(2)6(7(11)12)4-5-9(8,3)10/h6H,4-5,10H2,1-3H3,(H,11,12). The molecule has 0 aromatic heterocycles. The molecule has 1 aliphatic rings. The second-order valence-corrected chi connectivity index (χ2v) is 4.57. The van der Waals surface area contributed by atoms with E-state index in [0.717, 1.165) is 6.42 Å². The van der Waals surface area contributed by atoms with Crippen molar-refractivity contribution in [3.63, 3.8) is 0 Å². The molecule has 0 amide bonds. The van der Waals surface area contributed by atoms with Crippen LogP contribution in [0.1, 0.15) is 33.6 Å². The van der Waals surface area contributed by atoms with E-state index in [0.29, 0.717) is 6.42 Å². The third-order valence-corrected chi connectivity index (χ3v) is 3.59. The minimum absolute atomic E-state index is 0.285. The van der Waals surface area contributed by atoms with E-state index in [9.17, 15) is 4.79 Å². The molecule has 70 valence electrons. The van der Waals surface area contributed by atoms with E-state index in [4.69, 9.17) is 10.8 Å². The molecule has 2 unspecified atom stereocenters. The van der Waals surface area contributed by atoms with Crippen LogP contribution in [0, 0.1) is 11.3 Å². The number of carboxylic acids is 1. The van der Waals surface area contributed by atoms with Crippen molar-refractivity contribution in [1.82, 2.24) is 0 Å². The third kappa shape index (κ3) is 1.12. The fourth-order valence-electron chi connectivity index (χ4n) is 1.96. The minimum Gasteiger partial charge on any atom is -0.481 e. The Balaban J connectivity index is 2.93. The van der Waals surface area contributed by atoms with Gasteiger partial charge in [-0.15, -0.1) is 0 Å². The van der Waals surface area contributed by atoms with Crippen molar-refractivity contribution in [1.29, 1.82) is 0 Å². The van der Waals surface area contributed by atoms with Gasteiger partial charge in [-0.2, -0.15) is 0 Å². The molecular formula is C9H17NO2. The fraction of sp³-hybridized carbons (Fsp3) is 0.889. The summed E-state index contributed by atoms with van der Waals surface area (Å²) in [4.78, 5) is 10.8. The molecule has 2 atom stereocenters. The van der Waals surface area contributed by atoms with E-state index >= 15 is 0 Å². The summed E-state index contributed by atoms with van der Waals surface area (Å²) < 4.78 is 0. The number of nitrogens with two attached hydrogens (primary N) is 1. The monoisotopic (exact) mass is 171 g/mol. The zero-order chi connectivity index (χ0) is 9.57. The van der Waals surface area contributed by atoms with E-state index in [-0.39, 0.29) is 16.9 Å². The van der Waals surface area contributed by atoms with Crippen LogP contribution >= 0.6 is 0 Å². The molecule has 0 heterocycles. The summed E-state index contributed by atoms with van der Waals surface area (Å²) >= 11 is 0. The van der Waals surface area contributed by atoms with Gasteiger partial charge in [-0.05, 0) is 25.2 Å². The molecule has 3 nitrogen and oxygen atoms in total. The molecule has 0 aliphatic heterocycles. The van der Waals surface area contributed by atoms with Gasteiger partial charge in [-0.3, -0.25) is 4.79 Å². The lowest BCUT2D eigenvalue weighted by Crippen LogP contribution is -2.49. The Bertz CT molecular complexity index is 209. The lowest BCUT2D eigenvalue weighted by Gasteiger charge is -2.37. The molecule has 0 aromatic rings. The summed E-state index contributed by atoms with van der Waals surface area (Å²) in [5, 5.41) is 8.93. The van der Waals surface area contributed by atoms with Crippen LogP contribution in [0.15, 0.2) is 0 Å². The highest BCUT2D eigenvalue weighted by atomic mass is 16.4. The van der Waals surface area contributed by atoms with Gasteiger partial charge < -0.3 is 10.8 Å². The van der Waals surface area contributed by atoms with Gasteiger partial charge in [0.15, 0.2) is 0 Å². The maximum Gasteiger partial charge on any atom is 0.307 e. The quantitative estimate of drug-likeness (QED) is 0.623. The van der Waals surface area contributed by atoms with Gasteiger partial charge >= 0.3 is 5.97 Å². The van der Waals surface area contributed by atoms with Crippen molar-refractivity contribution < 1.29 is 9.90 Å². The Labute approximate surface area is 72.9 Å². The highest BCUT2D eigenvalue weighted by Crippen LogP contribution is 2.48. The molecule has 3 N–H and O–H groups in total. The Kier molecular flexibility index (Phi) is 1.95. The predicted octanol–water partition coefficient (Wildman–Crippen LogP) is 1.22. The Morgan fingerprint density at radius 1 is 1.50 bits per heavy atom. The number of carboxylic acid groups (broad SMARTS) is 1. The summed E-state index contributed by atoms with van der Waals surface area (Å²) in [5.74, 6) is -0.998. The molecule has 1 aliphatic carbocycles. The van der Waals surface area contributed by atoms with Gasteiger partial charge in [0.2, 0.25) is 0 Å². The van der Waals surface area contributed by atoms with Crippen molar-refractivity contribution in [3.8, 4) is 0 Å². The molecule has 0 aromatic carbocycles. The van der Waals surface area contributed by atoms with E-state index in [1.807, 2.05) is 20.8 Å². The van der Waals surface area contributed by atoms with Gasteiger partial charge in [0.25, 0.3) is 0 Å². The molecule has 0 spiro atoms. The van der Waals surface area contributed by atoms with Crippen LogP contribution in [0.2, 0.25) is 0 Å². The molecule has 3 heteroatoms. The topological polar surface area (TPSA) is 63.3 Å². The van der Waals surface area contributed by atoms with Crippen LogP contribution in [0.5, 0.6) is 0 Å². The number of hydrogen-bond donors (Lipinski definition) is 2. The van der Waals surface area contributed by atoms with Gasteiger partial charge in [-0.1, -0.05) is 13.8 Å². The molecule has 12 heavy (non-hydrogen) atoms. The number of rotatable bonds is 1. The molecule has 1 fully saturated rings. The summed E-state index contributed by atoms with van der Waals surface area (Å²) in [7, 11) is 0. The molecule has 1 rings (SSSR count). The normalized spacial score (nSPS) is 39.8. The van der Waals surface area contributed by atoms with Crippen LogP contribution in [0.4, 0.5) is 0 Å². The average Bonchev–Trinajstić information content (AvgIpc) is 2.03. The maximum absolute atomic E-state index is 10.8. The van der Waals surface area contributed by atoms with Gasteiger partial charge in [0, 0.05) is 5.54 Å². The minimum atomic E-state index is -0.714. The molecule has 0 saturated heterocycles. The lowest BCUT2D eigenvalue weighted by molar-refractivity contribution is -0.145. The Morgan fingerprint density at radius 2 is 2.00 bits per heavy atom. The first-order chi connectivity index (χ1) is 5.29. The number of carbonyl (C=O) groups is 1. The average molecular weight is 171 g/mol. The first kappa shape index (κ1) is 9.52. The van der Waals surface area contributed by atoms with Crippen molar-refractivity contribution in [2.75, 3.05) is 0 Å². The van der Waals surface area contributed by atoms with E-state index < -0.39 is 5.97 Å². The predicted molar refractivity (Wildman–Crippen MR) is 46.7 cm³/mol. The SMILES string of the molecule is CC1(N)CCC(C(=O)O)C1(C)C. The van der Waals surface area contributed by atoms with Crippen LogP contribution in [-0.4, -0.2) is 16.6 Å². The second-order valence-electron chi connectivity index (χ2n) is 4.57. The largest absolute Gasteiger partial charge is 0.481 e. The maximum atomic E-state index is 10.8. The zero-order valence-corrected chi connectivity index (χ0v) is 7.92. The summed E-state index contributed by atoms with van der Waals surface area (Å²) in [6.07, 6.45) is 1.51. The fourth-order valence-corrected chi connectivity index (χ4v) is 1.96. The Hall–Kier alpha value is -0.570. The van der Waals surface area contributed by atoms with Crippen LogP contribution < -0.4 is 5.73 Å². The third-order valence-electron chi connectivity index (χ3n) is 3.59. The summed E-state index contributed by atoms with van der Waals surface area (Å²) in [6, 6.07) is 0. The summed E-state index contributed by atoms with van der Waals surface area (Å²) in [6.45, 7) is 5.83. The van der Waals surface area contributed by atoms with E-state index in [1.54, 1.807) is 0 Å². The second kappa shape index (κ2) is 2.46. The molecule has 0 radical (unpaired) electrons. The van der Waals surface area contributed by atoms with E-state index in [1.165, 1.54) is 0 Å². The van der Waals surface area contributed by atoms with Crippen molar-refractivity contribution >= 4 is 5.97 Å². The molecule has 0 bridgehead atoms. The van der Waals surface area contributed by atoms with Crippen LogP contribution in [0.25, 0.3) is 0 Å². The van der Waals surface area contributed by atoms with Crippen molar-refractivity contribution in [3.05, 3.63) is 0 Å². The lowest BCUT2D eigenvalue weighted by atomic mass is 9.72. The van der Waals surface area contributed by atoms with Gasteiger partial charge in [-0.25, -0.2) is 0 Å². The first-order valence-electron chi connectivity index (χ1n) is 4.31. The summed E-state index contributed by atoms with van der Waals surface area (Å²) in [5.41, 5.74) is 5.39. The zero-order valence-electron chi connectivity index (χ0n) is 7.92. The van der Waals surface area contributed by atoms with Crippen molar-refractivity contribution in [2.45, 2.75) is 39.2 Å². The van der Waals surface area contributed by atoms with Crippen LogP contribution in [0.3, 0.4) is 0 Å². The van der Waals surface area contributed by atoms with E-state index in [2.05, 4.69) is 0 Å². The van der Waals surface area contributed by atoms with Crippen LogP contribution in [-0.2, 0) is 4.79 Å². The highest BCUT2D eigenvalue weighted by Gasteiger charge is 2.52.